The largest absolute Gasteiger partial charge is 0.387 e. The Morgan fingerprint density at radius 1 is 1.42 bits per heavy atom. The maximum absolute atomic E-state index is 12.5. The summed E-state index contributed by atoms with van der Waals surface area (Å²) in [6, 6.07) is 3.92. The number of aliphatic hydroxyl groups is 1. The Labute approximate surface area is 156 Å². The van der Waals surface area contributed by atoms with Crippen LogP contribution in [-0.4, -0.2) is 39.0 Å². The summed E-state index contributed by atoms with van der Waals surface area (Å²) < 4.78 is 0. The number of H-pyrrole nitrogens is 1. The van der Waals surface area contributed by atoms with Crippen LogP contribution in [0.3, 0.4) is 0 Å². The maximum Gasteiger partial charge on any atom is 0.345 e. The number of nitrogens with one attached hydrogen (secondary N) is 1. The molecular formula is C19H25N3O3S. The molecule has 1 amide bonds. The number of thiophene rings is 1. The van der Waals surface area contributed by atoms with Gasteiger partial charge in [-0.1, -0.05) is 6.07 Å². The third-order valence-electron chi connectivity index (χ3n) is 5.22. The van der Waals surface area contributed by atoms with E-state index in [9.17, 15) is 14.7 Å². The number of aliphatic hydroxyl groups excluding tert-OH is 1. The fourth-order valence-electron chi connectivity index (χ4n) is 3.67. The lowest BCUT2D eigenvalue weighted by molar-refractivity contribution is -0.133. The Morgan fingerprint density at radius 2 is 2.15 bits per heavy atom. The van der Waals surface area contributed by atoms with E-state index >= 15 is 0 Å². The fraction of sp³-hybridized carbons (Fsp3) is 0.526. The van der Waals surface area contributed by atoms with Gasteiger partial charge < -0.3 is 15.0 Å². The Bertz CT molecular complexity index is 782. The van der Waals surface area contributed by atoms with Crippen molar-refractivity contribution >= 4 is 17.2 Å². The molecule has 7 heteroatoms. The topological polar surface area (TPSA) is 86.3 Å². The molecule has 2 aromatic heterocycles. The molecule has 1 aliphatic rings. The molecule has 3 heterocycles. The van der Waals surface area contributed by atoms with Crippen LogP contribution in [0.25, 0.3) is 0 Å². The number of piperidine rings is 1. The van der Waals surface area contributed by atoms with Crippen LogP contribution in [0.5, 0.6) is 0 Å². The zero-order valence-electron chi connectivity index (χ0n) is 15.2. The molecule has 1 unspecified atom stereocenters. The van der Waals surface area contributed by atoms with E-state index in [2.05, 4.69) is 9.97 Å². The van der Waals surface area contributed by atoms with Crippen molar-refractivity contribution < 1.29 is 9.90 Å². The van der Waals surface area contributed by atoms with Crippen LogP contribution in [0, 0.1) is 19.8 Å². The molecule has 0 aliphatic carbocycles. The van der Waals surface area contributed by atoms with E-state index in [1.54, 1.807) is 18.3 Å². The van der Waals surface area contributed by atoms with Crippen LogP contribution in [-0.2, 0) is 11.2 Å². The summed E-state index contributed by atoms with van der Waals surface area (Å²) in [5.74, 6) is 0.338. The summed E-state index contributed by atoms with van der Waals surface area (Å²) >= 11 is 1.58. The second-order valence-corrected chi connectivity index (χ2v) is 7.89. The van der Waals surface area contributed by atoms with Crippen molar-refractivity contribution in [3.8, 4) is 0 Å². The summed E-state index contributed by atoms with van der Waals surface area (Å²) in [5.41, 5.74) is 2.08. The number of likely N-dealkylation sites (tertiary alicyclic amines) is 1. The van der Waals surface area contributed by atoms with E-state index in [1.807, 2.05) is 29.3 Å². The van der Waals surface area contributed by atoms with Crippen LogP contribution in [0.15, 0.2) is 22.3 Å². The van der Waals surface area contributed by atoms with Gasteiger partial charge in [-0.15, -0.1) is 11.3 Å². The lowest BCUT2D eigenvalue weighted by atomic mass is 9.90. The predicted molar refractivity (Wildman–Crippen MR) is 101 cm³/mol. The first-order valence-electron chi connectivity index (χ1n) is 9.01. The molecule has 6 nitrogen and oxygen atoms in total. The highest BCUT2D eigenvalue weighted by Gasteiger charge is 2.28. The van der Waals surface area contributed by atoms with Crippen LogP contribution in [0.4, 0.5) is 0 Å². The van der Waals surface area contributed by atoms with Gasteiger partial charge in [-0.25, -0.2) is 4.79 Å². The van der Waals surface area contributed by atoms with Crippen molar-refractivity contribution in [2.75, 3.05) is 13.1 Å². The van der Waals surface area contributed by atoms with Gasteiger partial charge in [-0.05, 0) is 56.0 Å². The van der Waals surface area contributed by atoms with E-state index < -0.39 is 6.10 Å². The van der Waals surface area contributed by atoms with Crippen molar-refractivity contribution in [1.82, 2.24) is 14.9 Å². The van der Waals surface area contributed by atoms with Gasteiger partial charge in [-0.3, -0.25) is 4.79 Å². The number of carbonyl (C=O) groups excluding carboxylic acids is 1. The summed E-state index contributed by atoms with van der Waals surface area (Å²) in [7, 11) is 0. The molecule has 1 saturated heterocycles. The highest BCUT2D eigenvalue weighted by molar-refractivity contribution is 7.10. The molecule has 0 bridgehead atoms. The van der Waals surface area contributed by atoms with E-state index in [4.69, 9.17) is 0 Å². The highest BCUT2D eigenvalue weighted by atomic mass is 32.1. The average Bonchev–Trinajstić information content (AvgIpc) is 3.14. The van der Waals surface area contributed by atoms with E-state index in [-0.39, 0.29) is 17.5 Å². The molecule has 26 heavy (non-hydrogen) atoms. The van der Waals surface area contributed by atoms with Crippen LogP contribution < -0.4 is 5.69 Å². The molecule has 1 fully saturated rings. The molecular weight excluding hydrogens is 350 g/mol. The number of aryl methyl sites for hydroxylation is 2. The van der Waals surface area contributed by atoms with Crippen molar-refractivity contribution in [3.63, 3.8) is 0 Å². The molecule has 2 N–H and O–H groups in total. The molecule has 0 radical (unpaired) electrons. The number of carbonyl (C=O) groups is 1. The van der Waals surface area contributed by atoms with Crippen molar-refractivity contribution in [2.24, 2.45) is 5.92 Å². The first kappa shape index (κ1) is 18.8. The number of hydrogen-bond donors (Lipinski definition) is 2. The van der Waals surface area contributed by atoms with Crippen molar-refractivity contribution in [2.45, 2.75) is 45.6 Å². The Hall–Kier alpha value is -1.99. The third-order valence-corrected chi connectivity index (χ3v) is 6.16. The number of hydrogen-bond acceptors (Lipinski definition) is 5. The first-order chi connectivity index (χ1) is 12.5. The average molecular weight is 375 g/mol. The van der Waals surface area contributed by atoms with Gasteiger partial charge >= 0.3 is 5.69 Å². The minimum atomic E-state index is -0.426. The number of amides is 1. The van der Waals surface area contributed by atoms with Crippen molar-refractivity contribution in [1.29, 1.82) is 0 Å². The summed E-state index contributed by atoms with van der Waals surface area (Å²) in [4.78, 5) is 33.4. The zero-order chi connectivity index (χ0) is 18.7. The monoisotopic (exact) mass is 375 g/mol. The second-order valence-electron chi connectivity index (χ2n) is 6.91. The highest BCUT2D eigenvalue weighted by Crippen LogP contribution is 2.33. The van der Waals surface area contributed by atoms with E-state index in [0.29, 0.717) is 31.6 Å². The molecule has 0 aromatic carbocycles. The summed E-state index contributed by atoms with van der Waals surface area (Å²) in [6.45, 7) is 5.02. The van der Waals surface area contributed by atoms with Crippen LogP contribution in [0.1, 0.15) is 47.2 Å². The number of nitrogens with zero attached hydrogens (tertiary/aromatic N) is 2. The summed E-state index contributed by atoms with van der Waals surface area (Å²) in [6.07, 6.45) is 2.21. The number of rotatable bonds is 5. The van der Waals surface area contributed by atoms with Gasteiger partial charge in [0.05, 0.1) is 6.10 Å². The molecule has 0 spiro atoms. The number of aromatic amines is 1. The summed E-state index contributed by atoms with van der Waals surface area (Å²) in [5, 5.41) is 12.4. The molecule has 0 saturated carbocycles. The Kier molecular flexibility index (Phi) is 5.88. The quantitative estimate of drug-likeness (QED) is 0.840. The predicted octanol–water partition coefficient (Wildman–Crippen LogP) is 2.35. The van der Waals surface area contributed by atoms with Crippen LogP contribution in [0.2, 0.25) is 0 Å². The molecule has 140 valence electrons. The van der Waals surface area contributed by atoms with Gasteiger partial charge in [-0.2, -0.15) is 4.98 Å². The van der Waals surface area contributed by atoms with Crippen molar-refractivity contribution in [3.05, 3.63) is 49.8 Å². The maximum atomic E-state index is 12.5. The molecule has 1 aliphatic heterocycles. The van der Waals surface area contributed by atoms with Gasteiger partial charge in [0.2, 0.25) is 5.91 Å². The standard InChI is InChI=1S/C19H25N3O3S/c1-12-15(13(2)21-19(25)20-12)5-6-17(23)22-9-7-14(8-10-22)18(24)16-4-3-11-26-16/h3-4,11,14,18,24H,5-10H2,1-2H3,(H,20,21,25). The third kappa shape index (κ3) is 4.22. The van der Waals surface area contributed by atoms with E-state index in [1.165, 1.54) is 0 Å². The smallest absolute Gasteiger partial charge is 0.345 e. The second kappa shape index (κ2) is 8.14. The van der Waals surface area contributed by atoms with Gasteiger partial charge in [0, 0.05) is 35.8 Å². The Morgan fingerprint density at radius 3 is 2.77 bits per heavy atom. The molecule has 3 rings (SSSR count). The zero-order valence-corrected chi connectivity index (χ0v) is 16.0. The van der Waals surface area contributed by atoms with Gasteiger partial charge in [0.15, 0.2) is 0 Å². The SMILES string of the molecule is Cc1nc(=O)[nH]c(C)c1CCC(=O)N1CCC(C(O)c2cccs2)CC1. The number of aromatic nitrogens is 2. The van der Waals surface area contributed by atoms with Gasteiger partial charge in [0.1, 0.15) is 0 Å². The Balaban J connectivity index is 1.52. The first-order valence-corrected chi connectivity index (χ1v) is 9.89. The van der Waals surface area contributed by atoms with E-state index in [0.717, 1.165) is 29.0 Å². The fourth-order valence-corrected chi connectivity index (χ4v) is 4.47. The van der Waals surface area contributed by atoms with Crippen LogP contribution >= 0.6 is 11.3 Å². The minimum absolute atomic E-state index is 0.124. The minimum Gasteiger partial charge on any atom is -0.387 e. The molecule has 2 aromatic rings. The lowest BCUT2D eigenvalue weighted by Gasteiger charge is -2.34. The normalized spacial score (nSPS) is 16.7. The van der Waals surface area contributed by atoms with Gasteiger partial charge in [0.25, 0.3) is 0 Å². The molecule has 1 atom stereocenters. The lowest BCUT2D eigenvalue weighted by Crippen LogP contribution is -2.39.